The van der Waals surface area contributed by atoms with Crippen LogP contribution in [0.4, 0.5) is 5.82 Å². The summed E-state index contributed by atoms with van der Waals surface area (Å²) in [5.74, 6) is 2.19. The van der Waals surface area contributed by atoms with Crippen LogP contribution in [0.15, 0.2) is 66.9 Å². The summed E-state index contributed by atoms with van der Waals surface area (Å²) < 4.78 is 13.1. The largest absolute Gasteiger partial charge is 0.454 e. The highest BCUT2D eigenvalue weighted by Gasteiger charge is 2.22. The van der Waals surface area contributed by atoms with E-state index >= 15 is 0 Å². The van der Waals surface area contributed by atoms with E-state index in [9.17, 15) is 4.79 Å². The molecule has 2 aliphatic rings. The van der Waals surface area contributed by atoms with Gasteiger partial charge < -0.3 is 25.8 Å². The number of pyridine rings is 1. The third-order valence-electron chi connectivity index (χ3n) is 6.94. The monoisotopic (exact) mass is 483 g/mol. The molecule has 2 aromatic heterocycles. The van der Waals surface area contributed by atoms with Crippen LogP contribution in [0.2, 0.25) is 0 Å². The van der Waals surface area contributed by atoms with Gasteiger partial charge in [0.25, 0.3) is 5.91 Å². The fraction of sp³-hybridized carbons (Fsp3) is 0.286. The molecule has 1 aliphatic heterocycles. The molecule has 4 N–H and O–H groups in total. The van der Waals surface area contributed by atoms with Crippen molar-refractivity contribution in [2.45, 2.75) is 44.3 Å². The second kappa shape index (κ2) is 9.54. The number of amides is 1. The summed E-state index contributed by atoms with van der Waals surface area (Å²) in [6, 6.07) is 20.1. The highest BCUT2D eigenvalue weighted by Crippen LogP contribution is 2.38. The van der Waals surface area contributed by atoms with E-state index in [-0.39, 0.29) is 24.8 Å². The minimum absolute atomic E-state index is 0.0793. The van der Waals surface area contributed by atoms with E-state index in [1.807, 2.05) is 59.1 Å². The third kappa shape index (κ3) is 4.47. The zero-order valence-corrected chi connectivity index (χ0v) is 19.9. The molecule has 1 aliphatic carbocycles. The van der Waals surface area contributed by atoms with E-state index in [1.165, 1.54) is 0 Å². The number of carbonyl (C=O) groups excluding carboxylic acids is 1. The molecule has 184 valence electrons. The van der Waals surface area contributed by atoms with E-state index < -0.39 is 0 Å². The van der Waals surface area contributed by atoms with Crippen LogP contribution in [0.5, 0.6) is 11.5 Å². The number of fused-ring (bicyclic) bond motifs is 2. The number of hydrogen-bond donors (Lipinski definition) is 3. The Morgan fingerprint density at radius 2 is 1.81 bits per heavy atom. The number of carbonyl (C=O) groups is 1. The van der Waals surface area contributed by atoms with E-state index in [2.05, 4.69) is 22.8 Å². The molecule has 4 aromatic rings. The summed E-state index contributed by atoms with van der Waals surface area (Å²) in [5, 5.41) is 6.72. The molecule has 6 rings (SSSR count). The van der Waals surface area contributed by atoms with Crippen LogP contribution in [0.1, 0.15) is 41.6 Å². The molecule has 8 heteroatoms. The van der Waals surface area contributed by atoms with Crippen molar-refractivity contribution in [3.63, 3.8) is 0 Å². The lowest BCUT2D eigenvalue weighted by molar-refractivity contribution is 0.0926. The number of ether oxygens (including phenoxy) is 2. The molecule has 1 saturated carbocycles. The molecule has 8 nitrogen and oxygen atoms in total. The lowest BCUT2D eigenvalue weighted by Crippen LogP contribution is -2.40. The highest BCUT2D eigenvalue weighted by atomic mass is 16.7. The van der Waals surface area contributed by atoms with Crippen LogP contribution < -0.4 is 25.8 Å². The Morgan fingerprint density at radius 3 is 2.64 bits per heavy atom. The molecule has 0 radical (unpaired) electrons. The average Bonchev–Trinajstić information content (AvgIpc) is 3.53. The normalized spacial score (nSPS) is 18.8. The van der Waals surface area contributed by atoms with E-state index in [1.54, 1.807) is 0 Å². The Hall–Kier alpha value is -4.04. The molecule has 2 aromatic carbocycles. The van der Waals surface area contributed by atoms with Crippen molar-refractivity contribution in [3.05, 3.63) is 78.0 Å². The lowest BCUT2D eigenvalue weighted by Gasteiger charge is -2.26. The van der Waals surface area contributed by atoms with Gasteiger partial charge in [0, 0.05) is 36.0 Å². The van der Waals surface area contributed by atoms with Gasteiger partial charge in [-0.05, 0) is 61.6 Å². The molecular formula is C28H29N5O3. The second-order valence-electron chi connectivity index (χ2n) is 9.44. The topological polar surface area (TPSA) is 103 Å². The SMILES string of the molecule is NC1CCC(NC(=O)c2ccn3c(NCc4ccccc4)c(-c4ccc5c(c4)OCO5)nc3c2)CC1. The van der Waals surface area contributed by atoms with Crippen LogP contribution >= 0.6 is 0 Å². The van der Waals surface area contributed by atoms with Gasteiger partial charge in [0.05, 0.1) is 0 Å². The molecule has 0 bridgehead atoms. The number of imidazole rings is 1. The Morgan fingerprint density at radius 1 is 1.00 bits per heavy atom. The minimum Gasteiger partial charge on any atom is -0.454 e. The number of anilines is 1. The molecule has 3 heterocycles. The van der Waals surface area contributed by atoms with Crippen molar-refractivity contribution in [2.75, 3.05) is 12.1 Å². The number of nitrogens with zero attached hydrogens (tertiary/aromatic N) is 2. The first-order valence-electron chi connectivity index (χ1n) is 12.4. The number of nitrogens with two attached hydrogens (primary N) is 1. The number of nitrogens with one attached hydrogen (secondary N) is 2. The predicted molar refractivity (Wildman–Crippen MR) is 138 cm³/mol. The molecule has 0 spiro atoms. The van der Waals surface area contributed by atoms with Gasteiger partial charge in [0.15, 0.2) is 11.5 Å². The van der Waals surface area contributed by atoms with Crippen LogP contribution in [-0.2, 0) is 6.54 Å². The molecular weight excluding hydrogens is 454 g/mol. The molecule has 0 atom stereocenters. The van der Waals surface area contributed by atoms with Crippen molar-refractivity contribution >= 4 is 17.4 Å². The maximum Gasteiger partial charge on any atom is 0.251 e. The van der Waals surface area contributed by atoms with Gasteiger partial charge in [0.2, 0.25) is 6.79 Å². The van der Waals surface area contributed by atoms with Crippen molar-refractivity contribution in [1.82, 2.24) is 14.7 Å². The molecule has 0 saturated heterocycles. The Balaban J connectivity index is 1.33. The van der Waals surface area contributed by atoms with Crippen molar-refractivity contribution in [3.8, 4) is 22.8 Å². The quantitative estimate of drug-likeness (QED) is 0.377. The van der Waals surface area contributed by atoms with E-state index in [4.69, 9.17) is 20.2 Å². The standard InChI is InChI=1S/C28H29N5O3/c29-21-7-9-22(10-8-21)31-28(34)20-12-13-33-25(15-20)32-26(19-6-11-23-24(14-19)36-17-35-23)27(33)30-16-18-4-2-1-3-5-18/h1-6,11-15,21-22,30H,7-10,16-17,29H2,(H,31,34). The van der Waals surface area contributed by atoms with Gasteiger partial charge in [-0.25, -0.2) is 4.98 Å². The number of hydrogen-bond acceptors (Lipinski definition) is 6. The summed E-state index contributed by atoms with van der Waals surface area (Å²) in [6.45, 7) is 0.854. The van der Waals surface area contributed by atoms with Crippen molar-refractivity contribution in [1.29, 1.82) is 0 Å². The zero-order chi connectivity index (χ0) is 24.5. The minimum atomic E-state index is -0.0793. The average molecular weight is 484 g/mol. The fourth-order valence-electron chi connectivity index (χ4n) is 4.91. The maximum absolute atomic E-state index is 13.0. The molecule has 1 fully saturated rings. The van der Waals surface area contributed by atoms with Gasteiger partial charge in [-0.2, -0.15) is 0 Å². The Bertz CT molecular complexity index is 1390. The first-order valence-corrected chi connectivity index (χ1v) is 12.4. The smallest absolute Gasteiger partial charge is 0.251 e. The van der Waals surface area contributed by atoms with Gasteiger partial charge in [0.1, 0.15) is 17.2 Å². The Kier molecular flexibility index (Phi) is 5.95. The summed E-state index contributed by atoms with van der Waals surface area (Å²) >= 11 is 0. The molecule has 36 heavy (non-hydrogen) atoms. The number of benzene rings is 2. The van der Waals surface area contributed by atoms with Crippen LogP contribution in [0.3, 0.4) is 0 Å². The zero-order valence-electron chi connectivity index (χ0n) is 19.9. The summed E-state index contributed by atoms with van der Waals surface area (Å²) in [5.41, 5.74) is 10.1. The maximum atomic E-state index is 13.0. The molecule has 1 amide bonds. The summed E-state index contributed by atoms with van der Waals surface area (Å²) in [4.78, 5) is 17.9. The van der Waals surface area contributed by atoms with Gasteiger partial charge in [-0.3, -0.25) is 9.20 Å². The third-order valence-corrected chi connectivity index (χ3v) is 6.94. The fourth-order valence-corrected chi connectivity index (χ4v) is 4.91. The Labute approximate surface area is 209 Å². The van der Waals surface area contributed by atoms with Crippen molar-refractivity contribution < 1.29 is 14.3 Å². The highest BCUT2D eigenvalue weighted by molar-refractivity contribution is 5.95. The van der Waals surface area contributed by atoms with Crippen molar-refractivity contribution in [2.24, 2.45) is 5.73 Å². The van der Waals surface area contributed by atoms with E-state index in [0.29, 0.717) is 23.5 Å². The van der Waals surface area contributed by atoms with Crippen LogP contribution in [0.25, 0.3) is 16.9 Å². The van der Waals surface area contributed by atoms with Crippen LogP contribution in [0, 0.1) is 0 Å². The lowest BCUT2D eigenvalue weighted by atomic mass is 9.91. The summed E-state index contributed by atoms with van der Waals surface area (Å²) in [7, 11) is 0. The molecule has 0 unspecified atom stereocenters. The van der Waals surface area contributed by atoms with E-state index in [0.717, 1.165) is 54.1 Å². The number of aromatic nitrogens is 2. The van der Waals surface area contributed by atoms with Gasteiger partial charge in [-0.1, -0.05) is 30.3 Å². The predicted octanol–water partition coefficient (Wildman–Crippen LogP) is 4.34. The first-order chi connectivity index (χ1) is 17.6. The number of rotatable bonds is 6. The second-order valence-corrected chi connectivity index (χ2v) is 9.44. The van der Waals surface area contributed by atoms with Gasteiger partial charge in [-0.15, -0.1) is 0 Å². The summed E-state index contributed by atoms with van der Waals surface area (Å²) in [6.07, 6.45) is 5.62. The van der Waals surface area contributed by atoms with Gasteiger partial charge >= 0.3 is 0 Å². The van der Waals surface area contributed by atoms with Crippen LogP contribution in [-0.4, -0.2) is 34.2 Å². The first kappa shape index (κ1) is 22.4.